The first-order chi connectivity index (χ1) is 16.7. The molecule has 11 heteroatoms. The molecular formula is C24H22BrCl2N5O3. The molecule has 1 N–H and O–H groups in total. The molecule has 35 heavy (non-hydrogen) atoms. The van der Waals surface area contributed by atoms with Crippen molar-refractivity contribution in [3.05, 3.63) is 67.2 Å². The van der Waals surface area contributed by atoms with Gasteiger partial charge < -0.3 is 14.8 Å². The van der Waals surface area contributed by atoms with Gasteiger partial charge in [0.2, 0.25) is 5.95 Å². The number of allylic oxidation sites excluding steroid dienone is 2. The fourth-order valence-electron chi connectivity index (χ4n) is 4.60. The van der Waals surface area contributed by atoms with E-state index in [1.807, 2.05) is 18.2 Å². The number of ether oxygens (including phenoxy) is 2. The van der Waals surface area contributed by atoms with Crippen LogP contribution in [-0.2, 0) is 11.4 Å². The SMILES string of the molecule is COc1cc(C2C3=C(CC(C)(C)CC3=O)Nc3nnnn32)cc(Br)c1OCc1ccc(Cl)cc1Cl. The number of hydrogen-bond acceptors (Lipinski definition) is 7. The normalized spacial score (nSPS) is 18.6. The van der Waals surface area contributed by atoms with E-state index in [2.05, 4.69) is 50.6 Å². The number of fused-ring (bicyclic) bond motifs is 1. The number of aromatic nitrogens is 4. The Morgan fingerprint density at radius 1 is 1.23 bits per heavy atom. The lowest BCUT2D eigenvalue weighted by atomic mass is 9.73. The van der Waals surface area contributed by atoms with E-state index >= 15 is 0 Å². The first-order valence-electron chi connectivity index (χ1n) is 10.9. The van der Waals surface area contributed by atoms with Crippen LogP contribution in [-0.4, -0.2) is 33.1 Å². The molecule has 1 unspecified atom stereocenters. The number of carbonyl (C=O) groups is 1. The molecule has 182 valence electrons. The number of ketones is 1. The smallest absolute Gasteiger partial charge is 0.248 e. The zero-order valence-electron chi connectivity index (χ0n) is 19.2. The van der Waals surface area contributed by atoms with Crippen LogP contribution in [0, 0.1) is 5.41 Å². The number of hydrogen-bond donors (Lipinski definition) is 1. The van der Waals surface area contributed by atoms with Crippen LogP contribution in [0.4, 0.5) is 5.95 Å². The van der Waals surface area contributed by atoms with Gasteiger partial charge in [-0.15, -0.1) is 0 Å². The van der Waals surface area contributed by atoms with Gasteiger partial charge in [-0.3, -0.25) is 4.79 Å². The molecule has 5 rings (SSSR count). The first-order valence-corrected chi connectivity index (χ1v) is 12.5. The quantitative estimate of drug-likeness (QED) is 0.397. The standard InChI is InChI=1S/C24H22BrCl2N5O3/c1-24(2)9-17-20(18(33)10-24)21(32-23(28-17)29-30-31-32)13-6-15(25)22(19(7-13)34-3)35-11-12-4-5-14(26)8-16(12)27/h4-8,21H,9-11H2,1-3H3,(H,28,29,31). The van der Waals surface area contributed by atoms with Crippen molar-refractivity contribution < 1.29 is 14.3 Å². The molecule has 0 fully saturated rings. The van der Waals surface area contributed by atoms with Gasteiger partial charge in [-0.2, -0.15) is 4.68 Å². The van der Waals surface area contributed by atoms with Gasteiger partial charge in [-0.05, 0) is 68.0 Å². The molecule has 0 saturated carbocycles. The van der Waals surface area contributed by atoms with Crippen molar-refractivity contribution in [1.82, 2.24) is 20.2 Å². The van der Waals surface area contributed by atoms with Crippen molar-refractivity contribution in [2.45, 2.75) is 39.3 Å². The lowest BCUT2D eigenvalue weighted by Crippen LogP contribution is -2.36. The van der Waals surface area contributed by atoms with Crippen LogP contribution in [0.3, 0.4) is 0 Å². The van der Waals surface area contributed by atoms with Gasteiger partial charge in [0.25, 0.3) is 0 Å². The number of halogens is 3. The minimum absolute atomic E-state index is 0.0719. The first kappa shape index (κ1) is 24.1. The number of Topliss-reactive ketones (excluding diaryl/α,β-unsaturated/α-hetero) is 1. The lowest BCUT2D eigenvalue weighted by molar-refractivity contribution is -0.118. The Morgan fingerprint density at radius 3 is 2.77 bits per heavy atom. The molecule has 3 aromatic rings. The van der Waals surface area contributed by atoms with E-state index in [1.165, 1.54) is 0 Å². The molecule has 0 amide bonds. The highest BCUT2D eigenvalue weighted by Gasteiger charge is 2.42. The molecule has 1 aromatic heterocycles. The van der Waals surface area contributed by atoms with E-state index in [0.29, 0.717) is 44.0 Å². The maximum atomic E-state index is 13.3. The van der Waals surface area contributed by atoms with Crippen LogP contribution in [0.25, 0.3) is 0 Å². The predicted octanol–water partition coefficient (Wildman–Crippen LogP) is 5.99. The van der Waals surface area contributed by atoms with Crippen LogP contribution in [0.5, 0.6) is 11.5 Å². The van der Waals surface area contributed by atoms with Crippen molar-refractivity contribution >= 4 is 50.9 Å². The number of benzene rings is 2. The van der Waals surface area contributed by atoms with Crippen molar-refractivity contribution in [1.29, 1.82) is 0 Å². The number of tetrazole rings is 1. The average molecular weight is 579 g/mol. The molecule has 8 nitrogen and oxygen atoms in total. The predicted molar refractivity (Wildman–Crippen MR) is 136 cm³/mol. The Hall–Kier alpha value is -2.62. The third-order valence-corrected chi connectivity index (χ3v) is 7.32. The van der Waals surface area contributed by atoms with Crippen LogP contribution < -0.4 is 14.8 Å². The zero-order chi connectivity index (χ0) is 24.9. The summed E-state index contributed by atoms with van der Waals surface area (Å²) in [7, 11) is 1.57. The van der Waals surface area contributed by atoms with Gasteiger partial charge in [0.15, 0.2) is 17.3 Å². The second-order valence-electron chi connectivity index (χ2n) is 9.37. The number of nitrogens with zero attached hydrogens (tertiary/aromatic N) is 4. The minimum atomic E-state index is -0.496. The van der Waals surface area contributed by atoms with E-state index in [0.717, 1.165) is 23.2 Å². The Kier molecular flexibility index (Phi) is 6.27. The monoisotopic (exact) mass is 577 g/mol. The Bertz CT molecular complexity index is 1370. The van der Waals surface area contributed by atoms with E-state index in [4.69, 9.17) is 32.7 Å². The largest absolute Gasteiger partial charge is 0.493 e. The molecule has 1 atom stereocenters. The van der Waals surface area contributed by atoms with E-state index in [-0.39, 0.29) is 17.8 Å². The number of carbonyl (C=O) groups excluding carboxylic acids is 1. The molecule has 2 heterocycles. The molecule has 1 aliphatic carbocycles. The Balaban J connectivity index is 1.54. The van der Waals surface area contributed by atoms with Crippen molar-refractivity contribution in [3.63, 3.8) is 0 Å². The number of rotatable bonds is 5. The highest BCUT2D eigenvalue weighted by molar-refractivity contribution is 9.10. The summed E-state index contributed by atoms with van der Waals surface area (Å²) in [6.07, 6.45) is 1.17. The van der Waals surface area contributed by atoms with Gasteiger partial charge in [-0.1, -0.05) is 48.2 Å². The summed E-state index contributed by atoms with van der Waals surface area (Å²) < 4.78 is 14.0. The van der Waals surface area contributed by atoms with Gasteiger partial charge in [-0.25, -0.2) is 0 Å². The van der Waals surface area contributed by atoms with Crippen molar-refractivity contribution in [3.8, 4) is 11.5 Å². The third kappa shape index (κ3) is 4.52. The summed E-state index contributed by atoms with van der Waals surface area (Å²) in [6, 6.07) is 8.51. The molecule has 1 aliphatic heterocycles. The van der Waals surface area contributed by atoms with Crippen LogP contribution >= 0.6 is 39.1 Å². The lowest BCUT2D eigenvalue weighted by Gasteiger charge is -2.38. The fourth-order valence-corrected chi connectivity index (χ4v) is 5.64. The number of anilines is 1. The van der Waals surface area contributed by atoms with Gasteiger partial charge in [0.05, 0.1) is 11.6 Å². The van der Waals surface area contributed by atoms with E-state index in [1.54, 1.807) is 23.9 Å². The van der Waals surface area contributed by atoms with E-state index < -0.39 is 6.04 Å². The Labute approximate surface area is 220 Å². The van der Waals surface area contributed by atoms with Crippen LogP contribution in [0.2, 0.25) is 10.0 Å². The second kappa shape index (κ2) is 9.11. The highest BCUT2D eigenvalue weighted by atomic mass is 79.9. The summed E-state index contributed by atoms with van der Waals surface area (Å²) in [6.45, 7) is 4.39. The Morgan fingerprint density at radius 2 is 2.03 bits per heavy atom. The van der Waals surface area contributed by atoms with Crippen molar-refractivity contribution in [2.24, 2.45) is 5.41 Å². The molecule has 0 radical (unpaired) electrons. The van der Waals surface area contributed by atoms with Gasteiger partial charge in [0.1, 0.15) is 12.6 Å². The fraction of sp³-hybridized carbons (Fsp3) is 0.333. The summed E-state index contributed by atoms with van der Waals surface area (Å²) in [5.41, 5.74) is 2.95. The van der Waals surface area contributed by atoms with Crippen LogP contribution in [0.15, 0.2) is 46.1 Å². The molecule has 0 bridgehead atoms. The molecule has 0 spiro atoms. The maximum Gasteiger partial charge on any atom is 0.248 e. The van der Waals surface area contributed by atoms with Crippen LogP contribution in [0.1, 0.15) is 43.9 Å². The summed E-state index contributed by atoms with van der Waals surface area (Å²) >= 11 is 15.9. The average Bonchev–Trinajstić information content (AvgIpc) is 3.24. The third-order valence-electron chi connectivity index (χ3n) is 6.15. The second-order valence-corrected chi connectivity index (χ2v) is 11.1. The number of nitrogens with one attached hydrogen (secondary N) is 1. The van der Waals surface area contributed by atoms with E-state index in [9.17, 15) is 4.79 Å². The van der Waals surface area contributed by atoms with Gasteiger partial charge in [0, 0.05) is 33.3 Å². The highest BCUT2D eigenvalue weighted by Crippen LogP contribution is 2.47. The topological polar surface area (TPSA) is 91.2 Å². The minimum Gasteiger partial charge on any atom is -0.493 e. The molecule has 2 aliphatic rings. The molecule has 0 saturated heterocycles. The van der Waals surface area contributed by atoms with Crippen molar-refractivity contribution in [2.75, 3.05) is 12.4 Å². The van der Waals surface area contributed by atoms with Gasteiger partial charge >= 0.3 is 0 Å². The number of methoxy groups -OCH3 is 1. The summed E-state index contributed by atoms with van der Waals surface area (Å²) in [4.78, 5) is 13.3. The zero-order valence-corrected chi connectivity index (χ0v) is 22.3. The molecular weight excluding hydrogens is 557 g/mol. The maximum absolute atomic E-state index is 13.3. The summed E-state index contributed by atoms with van der Waals surface area (Å²) in [5.74, 6) is 1.58. The summed E-state index contributed by atoms with van der Waals surface area (Å²) in [5, 5.41) is 16.5. The molecule has 2 aromatic carbocycles.